The van der Waals surface area contributed by atoms with Gasteiger partial charge in [-0.3, -0.25) is 4.99 Å². The minimum Gasteiger partial charge on any atom is -0.383 e. The van der Waals surface area contributed by atoms with Gasteiger partial charge in [-0.15, -0.1) is 0 Å². The number of amidine groups is 1. The van der Waals surface area contributed by atoms with E-state index in [0.717, 1.165) is 31.6 Å². The first-order chi connectivity index (χ1) is 7.67. The van der Waals surface area contributed by atoms with Gasteiger partial charge in [0.1, 0.15) is 0 Å². The van der Waals surface area contributed by atoms with Crippen molar-refractivity contribution in [2.24, 2.45) is 10.9 Å². The van der Waals surface area contributed by atoms with Crippen molar-refractivity contribution in [3.8, 4) is 0 Å². The van der Waals surface area contributed by atoms with E-state index >= 15 is 0 Å². The molecule has 0 bridgehead atoms. The van der Waals surface area contributed by atoms with Crippen molar-refractivity contribution < 1.29 is 4.74 Å². The van der Waals surface area contributed by atoms with Crippen LogP contribution in [0.15, 0.2) is 4.99 Å². The van der Waals surface area contributed by atoms with Crippen LogP contribution in [0.4, 0.5) is 0 Å². The second kappa shape index (κ2) is 7.56. The van der Waals surface area contributed by atoms with E-state index in [2.05, 4.69) is 39.7 Å². The van der Waals surface area contributed by atoms with Crippen molar-refractivity contribution >= 4 is 32.9 Å². The van der Waals surface area contributed by atoms with Gasteiger partial charge in [-0.25, -0.2) is 0 Å². The molecule has 0 fully saturated rings. The van der Waals surface area contributed by atoms with Crippen LogP contribution in [0.25, 0.3) is 0 Å². The molecule has 1 atom stereocenters. The highest BCUT2D eigenvalue weighted by molar-refractivity contribution is 9.09. The highest BCUT2D eigenvalue weighted by Crippen LogP contribution is 2.25. The Morgan fingerprint density at radius 2 is 2.38 bits per heavy atom. The van der Waals surface area contributed by atoms with Crippen LogP contribution in [0.1, 0.15) is 13.8 Å². The van der Waals surface area contributed by atoms with E-state index in [0.29, 0.717) is 11.2 Å². The summed E-state index contributed by atoms with van der Waals surface area (Å²) in [7, 11) is 1.75. The number of hydrogen-bond acceptors (Lipinski definition) is 4. The third-order valence-electron chi connectivity index (χ3n) is 2.30. The van der Waals surface area contributed by atoms with Crippen molar-refractivity contribution in [2.75, 3.05) is 38.7 Å². The van der Waals surface area contributed by atoms with Gasteiger partial charge >= 0.3 is 0 Å². The lowest BCUT2D eigenvalue weighted by atomic mass is 10.2. The van der Waals surface area contributed by atoms with Gasteiger partial charge in [0, 0.05) is 30.8 Å². The van der Waals surface area contributed by atoms with E-state index in [1.165, 1.54) is 5.17 Å². The van der Waals surface area contributed by atoms with E-state index in [9.17, 15) is 0 Å². The Bertz CT molecular complexity index is 236. The number of methoxy groups -OCH3 is 1. The molecule has 1 aliphatic rings. The van der Waals surface area contributed by atoms with Gasteiger partial charge < -0.3 is 9.64 Å². The number of hydrogen-bond donors (Lipinski definition) is 0. The number of ether oxygens (including phenoxy) is 1. The second-order valence-corrected chi connectivity index (χ2v) is 6.27. The molecule has 5 heteroatoms. The van der Waals surface area contributed by atoms with Crippen LogP contribution in [0.2, 0.25) is 0 Å². The maximum absolute atomic E-state index is 5.15. The summed E-state index contributed by atoms with van der Waals surface area (Å²) in [5.41, 5.74) is 0. The molecule has 0 spiro atoms. The first-order valence-electron chi connectivity index (χ1n) is 5.68. The van der Waals surface area contributed by atoms with Crippen LogP contribution in [-0.4, -0.2) is 54.0 Å². The SMILES string of the molecule is COCCN(CC(C)C)C1=NCC(CBr)S1. The van der Waals surface area contributed by atoms with Gasteiger partial charge in [-0.05, 0) is 5.92 Å². The Labute approximate surface area is 111 Å². The van der Waals surface area contributed by atoms with Crippen molar-refractivity contribution in [1.82, 2.24) is 4.90 Å². The monoisotopic (exact) mass is 308 g/mol. The van der Waals surface area contributed by atoms with Gasteiger partial charge in [0.05, 0.1) is 13.2 Å². The third kappa shape index (κ3) is 4.63. The Hall–Kier alpha value is 0.260. The van der Waals surface area contributed by atoms with E-state index in [4.69, 9.17) is 4.74 Å². The Kier molecular flexibility index (Phi) is 6.77. The Balaban J connectivity index is 2.48. The van der Waals surface area contributed by atoms with Crippen molar-refractivity contribution in [1.29, 1.82) is 0 Å². The summed E-state index contributed by atoms with van der Waals surface area (Å²) in [5, 5.41) is 2.81. The molecule has 0 aromatic heterocycles. The second-order valence-electron chi connectivity index (χ2n) is 4.35. The van der Waals surface area contributed by atoms with Crippen LogP contribution >= 0.6 is 27.7 Å². The summed E-state index contributed by atoms with van der Waals surface area (Å²) in [6, 6.07) is 0. The smallest absolute Gasteiger partial charge is 0.159 e. The van der Waals surface area contributed by atoms with Crippen LogP contribution < -0.4 is 0 Å². The van der Waals surface area contributed by atoms with Crippen LogP contribution in [0, 0.1) is 5.92 Å². The van der Waals surface area contributed by atoms with Gasteiger partial charge in [0.15, 0.2) is 5.17 Å². The first-order valence-corrected chi connectivity index (χ1v) is 7.68. The predicted octanol–water partition coefficient (Wildman–Crippen LogP) is 2.46. The molecule has 16 heavy (non-hydrogen) atoms. The number of aliphatic imine (C=N–C) groups is 1. The van der Waals surface area contributed by atoms with Crippen LogP contribution in [0.3, 0.4) is 0 Å². The third-order valence-corrected chi connectivity index (χ3v) is 4.75. The molecule has 3 nitrogen and oxygen atoms in total. The lowest BCUT2D eigenvalue weighted by Gasteiger charge is -2.25. The normalized spacial score (nSPS) is 20.3. The highest BCUT2D eigenvalue weighted by atomic mass is 79.9. The summed E-state index contributed by atoms with van der Waals surface area (Å²) < 4.78 is 5.15. The Morgan fingerprint density at radius 3 is 2.88 bits per heavy atom. The standard InChI is InChI=1S/C11H21BrN2OS/c1-9(2)8-14(4-5-15-3)11-13-7-10(6-12)16-11/h9-10H,4-8H2,1-3H3. The zero-order valence-electron chi connectivity index (χ0n) is 10.3. The maximum atomic E-state index is 5.15. The van der Waals surface area contributed by atoms with E-state index in [-0.39, 0.29) is 0 Å². The fourth-order valence-corrected chi connectivity index (χ4v) is 3.14. The zero-order chi connectivity index (χ0) is 12.0. The first kappa shape index (κ1) is 14.3. The fraction of sp³-hybridized carbons (Fsp3) is 0.909. The van der Waals surface area contributed by atoms with Crippen molar-refractivity contribution in [3.63, 3.8) is 0 Å². The summed E-state index contributed by atoms with van der Waals surface area (Å²) in [6.07, 6.45) is 0. The molecular weight excluding hydrogens is 288 g/mol. The molecule has 1 heterocycles. The molecule has 0 saturated carbocycles. The summed E-state index contributed by atoms with van der Waals surface area (Å²) in [5.74, 6) is 0.656. The van der Waals surface area contributed by atoms with Crippen LogP contribution in [0.5, 0.6) is 0 Å². The summed E-state index contributed by atoms with van der Waals surface area (Å²) in [4.78, 5) is 6.96. The Morgan fingerprint density at radius 1 is 1.62 bits per heavy atom. The number of halogens is 1. The van der Waals surface area contributed by atoms with E-state index in [1.807, 2.05) is 11.8 Å². The zero-order valence-corrected chi connectivity index (χ0v) is 12.7. The summed E-state index contributed by atoms with van der Waals surface area (Å²) in [6.45, 7) is 8.18. The maximum Gasteiger partial charge on any atom is 0.159 e. The number of thioether (sulfide) groups is 1. The lowest BCUT2D eigenvalue weighted by molar-refractivity contribution is 0.173. The van der Waals surface area contributed by atoms with E-state index < -0.39 is 0 Å². The van der Waals surface area contributed by atoms with Gasteiger partial charge in [-0.2, -0.15) is 0 Å². The quantitative estimate of drug-likeness (QED) is 0.705. The molecule has 0 aromatic rings. The number of alkyl halides is 1. The van der Waals surface area contributed by atoms with E-state index in [1.54, 1.807) is 7.11 Å². The number of nitrogens with zero attached hydrogens (tertiary/aromatic N) is 2. The lowest BCUT2D eigenvalue weighted by Crippen LogP contribution is -2.34. The minimum absolute atomic E-state index is 0.604. The molecule has 1 rings (SSSR count). The fourth-order valence-electron chi connectivity index (χ4n) is 1.57. The molecule has 0 amide bonds. The van der Waals surface area contributed by atoms with Crippen LogP contribution in [-0.2, 0) is 4.74 Å². The van der Waals surface area contributed by atoms with Crippen molar-refractivity contribution in [2.45, 2.75) is 19.1 Å². The van der Waals surface area contributed by atoms with Gasteiger partial charge in [0.2, 0.25) is 0 Å². The largest absolute Gasteiger partial charge is 0.383 e. The molecule has 0 aromatic carbocycles. The molecule has 0 saturated heterocycles. The molecule has 0 aliphatic carbocycles. The summed E-state index contributed by atoms with van der Waals surface area (Å²) >= 11 is 5.40. The molecule has 1 unspecified atom stereocenters. The minimum atomic E-state index is 0.604. The highest BCUT2D eigenvalue weighted by Gasteiger charge is 2.23. The average molecular weight is 309 g/mol. The average Bonchev–Trinajstić information content (AvgIpc) is 2.72. The van der Waals surface area contributed by atoms with Crippen molar-refractivity contribution in [3.05, 3.63) is 0 Å². The molecule has 1 aliphatic heterocycles. The molecule has 0 N–H and O–H groups in total. The predicted molar refractivity (Wildman–Crippen MR) is 75.8 cm³/mol. The topological polar surface area (TPSA) is 24.8 Å². The number of rotatable bonds is 6. The molecule has 0 radical (unpaired) electrons. The molecular formula is C11H21BrN2OS. The molecule has 94 valence electrons. The van der Waals surface area contributed by atoms with Gasteiger partial charge in [0.25, 0.3) is 0 Å². The van der Waals surface area contributed by atoms with Gasteiger partial charge in [-0.1, -0.05) is 41.5 Å².